The summed E-state index contributed by atoms with van der Waals surface area (Å²) in [5.41, 5.74) is 0.406. The first kappa shape index (κ1) is 52.5. The molecule has 2 aliphatic rings. The van der Waals surface area contributed by atoms with Crippen LogP contribution in [0.25, 0.3) is 0 Å². The van der Waals surface area contributed by atoms with Crippen molar-refractivity contribution < 1.29 is 50.0 Å². The zero-order valence-corrected chi connectivity index (χ0v) is 46.4. The van der Waals surface area contributed by atoms with Crippen molar-refractivity contribution in [3.8, 4) is 0 Å². The first-order chi connectivity index (χ1) is 24.8. The molecule has 2 rings (SSSR count). The molecule has 0 aromatic rings. The highest BCUT2D eigenvalue weighted by atomic mass is 28.4. The summed E-state index contributed by atoms with van der Waals surface area (Å²) in [6.07, 6.45) is -6.45. The predicted molar refractivity (Wildman–Crippen MR) is 245 cm³/mol. The summed E-state index contributed by atoms with van der Waals surface area (Å²) >= 11 is 0. The monoisotopic (exact) mass is 913 g/mol. The van der Waals surface area contributed by atoms with Crippen molar-refractivity contribution in [1.29, 1.82) is 0 Å². The fraction of sp³-hybridized carbons (Fsp3) is 0.919. The number of carbonyl (C=O) groups is 1. The second-order valence-corrected chi connectivity index (χ2v) is 53.6. The smallest absolute Gasteiger partial charge is 0.246 e. The molecule has 0 aromatic carbocycles. The quantitative estimate of drug-likeness (QED) is 0.0938. The molecule has 0 saturated carbocycles. The Bertz CT molecular complexity index is 1280. The standard InChI is InChI=1S/C37H83NO11Si7/c1-26(2)35(39)38-24-27-29(44-51(6,7)8)31(46-53(12,13)14)33(48-55(18,19)20)36(41-27)43-37-34(49-56(21,22)23)32(47-54(15,16)17)30(45-52(9,10)11)28(42-37)25-40-50(3,4)5/h27-34,36-37H,1,24-25H2,2-23H3,(H,38,39)/t27-,28-,29-,30-,31+,32+,33-,34-,36-,37-/m1/s1. The minimum absolute atomic E-state index is 0.159. The van der Waals surface area contributed by atoms with Crippen molar-refractivity contribution in [2.24, 2.45) is 0 Å². The largest absolute Gasteiger partial charge is 0.415 e. The molecule has 0 spiro atoms. The number of rotatable bonds is 20. The highest BCUT2D eigenvalue weighted by Gasteiger charge is 2.57. The molecular weight excluding hydrogens is 831 g/mol. The van der Waals surface area contributed by atoms with Crippen LogP contribution in [-0.4, -0.2) is 139 Å². The lowest BCUT2D eigenvalue weighted by atomic mass is 9.97. The van der Waals surface area contributed by atoms with Crippen molar-refractivity contribution in [2.75, 3.05) is 13.2 Å². The Hall–Kier alpha value is 0.328. The molecule has 0 unspecified atom stereocenters. The lowest BCUT2D eigenvalue weighted by Gasteiger charge is -2.54. The third-order valence-electron chi connectivity index (χ3n) is 7.92. The summed E-state index contributed by atoms with van der Waals surface area (Å²) in [5.74, 6) is -0.259. The fourth-order valence-corrected chi connectivity index (χ4v) is 13.5. The highest BCUT2D eigenvalue weighted by Crippen LogP contribution is 2.39. The molecule has 10 atom stereocenters. The second kappa shape index (κ2) is 19.6. The number of hydrogen-bond donors (Lipinski definition) is 1. The summed E-state index contributed by atoms with van der Waals surface area (Å²) in [5, 5.41) is 3.03. The number of nitrogens with one attached hydrogen (secondary N) is 1. The maximum Gasteiger partial charge on any atom is 0.246 e. The Morgan fingerprint density at radius 3 is 1.11 bits per heavy atom. The number of amides is 1. The van der Waals surface area contributed by atoms with Crippen LogP contribution in [0.1, 0.15) is 6.92 Å². The Morgan fingerprint density at radius 2 is 0.786 bits per heavy atom. The van der Waals surface area contributed by atoms with E-state index in [1.165, 1.54) is 0 Å². The van der Waals surface area contributed by atoms with Crippen molar-refractivity contribution in [3.05, 3.63) is 12.2 Å². The van der Waals surface area contributed by atoms with Gasteiger partial charge in [-0.2, -0.15) is 0 Å². The molecule has 19 heteroatoms. The normalized spacial score (nSPS) is 30.3. The van der Waals surface area contributed by atoms with Gasteiger partial charge in [0.15, 0.2) is 70.8 Å². The van der Waals surface area contributed by atoms with Gasteiger partial charge in [-0.05, 0) is 144 Å². The number of ether oxygens (including phenoxy) is 3. The van der Waals surface area contributed by atoms with Crippen LogP contribution in [0.4, 0.5) is 0 Å². The summed E-state index contributed by atoms with van der Waals surface area (Å²) in [6.45, 7) is 51.5. The zero-order chi connectivity index (χ0) is 43.6. The Balaban J connectivity index is 2.89. The molecule has 1 N–H and O–H groups in total. The minimum Gasteiger partial charge on any atom is -0.415 e. The van der Waals surface area contributed by atoms with Gasteiger partial charge in [0.2, 0.25) is 5.91 Å². The lowest BCUT2D eigenvalue weighted by molar-refractivity contribution is -0.366. The molecule has 0 aromatic heterocycles. The maximum atomic E-state index is 12.9. The van der Waals surface area contributed by atoms with Gasteiger partial charge in [-0.3, -0.25) is 4.79 Å². The molecule has 56 heavy (non-hydrogen) atoms. The van der Waals surface area contributed by atoms with Crippen LogP contribution in [0.2, 0.25) is 137 Å². The molecule has 1 amide bonds. The van der Waals surface area contributed by atoms with E-state index in [1.807, 2.05) is 0 Å². The van der Waals surface area contributed by atoms with E-state index in [2.05, 4.69) is 149 Å². The Labute approximate surface area is 349 Å². The summed E-state index contributed by atoms with van der Waals surface area (Å²) in [4.78, 5) is 12.9. The maximum absolute atomic E-state index is 12.9. The zero-order valence-electron chi connectivity index (χ0n) is 39.4. The molecule has 12 nitrogen and oxygen atoms in total. The first-order valence-corrected chi connectivity index (χ1v) is 44.3. The third-order valence-corrected chi connectivity index (χ3v) is 14.8. The van der Waals surface area contributed by atoms with E-state index < -0.39 is 120 Å². The van der Waals surface area contributed by atoms with Gasteiger partial charge in [-0.15, -0.1) is 0 Å². The lowest BCUT2D eigenvalue weighted by Crippen LogP contribution is -2.70. The number of carbonyl (C=O) groups excluding carboxylic acids is 1. The van der Waals surface area contributed by atoms with Gasteiger partial charge in [0.25, 0.3) is 0 Å². The van der Waals surface area contributed by atoms with Crippen molar-refractivity contribution >= 4 is 64.1 Å². The molecule has 0 aliphatic carbocycles. The summed E-state index contributed by atoms with van der Waals surface area (Å²) < 4.78 is 70.2. The van der Waals surface area contributed by atoms with Gasteiger partial charge in [0.1, 0.15) is 48.8 Å². The first-order valence-electron chi connectivity index (χ1n) is 20.4. The van der Waals surface area contributed by atoms with Crippen LogP contribution in [0.5, 0.6) is 0 Å². The Kier molecular flexibility index (Phi) is 18.3. The van der Waals surface area contributed by atoms with E-state index in [-0.39, 0.29) is 12.5 Å². The van der Waals surface area contributed by atoms with E-state index in [0.717, 1.165) is 0 Å². The van der Waals surface area contributed by atoms with Crippen LogP contribution < -0.4 is 5.32 Å². The predicted octanol–water partition coefficient (Wildman–Crippen LogP) is 8.32. The molecule has 2 fully saturated rings. The van der Waals surface area contributed by atoms with Crippen LogP contribution in [0.15, 0.2) is 12.2 Å². The van der Waals surface area contributed by atoms with Crippen LogP contribution in [-0.2, 0) is 50.0 Å². The molecule has 330 valence electrons. The van der Waals surface area contributed by atoms with E-state index >= 15 is 0 Å². The van der Waals surface area contributed by atoms with Crippen LogP contribution in [0.3, 0.4) is 0 Å². The van der Waals surface area contributed by atoms with Gasteiger partial charge in [0.05, 0.1) is 6.61 Å². The van der Waals surface area contributed by atoms with Crippen LogP contribution in [0, 0.1) is 0 Å². The van der Waals surface area contributed by atoms with Crippen molar-refractivity contribution in [1.82, 2.24) is 5.32 Å². The van der Waals surface area contributed by atoms with Gasteiger partial charge in [0, 0.05) is 12.1 Å². The van der Waals surface area contributed by atoms with Gasteiger partial charge >= 0.3 is 0 Å². The van der Waals surface area contributed by atoms with Gasteiger partial charge < -0.3 is 50.5 Å². The average molecular weight is 915 g/mol. The van der Waals surface area contributed by atoms with E-state index in [0.29, 0.717) is 12.2 Å². The van der Waals surface area contributed by atoms with E-state index in [1.54, 1.807) is 6.92 Å². The molecule has 0 bridgehead atoms. The summed E-state index contributed by atoms with van der Waals surface area (Å²) in [6, 6.07) is 0. The fourth-order valence-electron chi connectivity index (χ4n) is 6.34. The van der Waals surface area contributed by atoms with Crippen molar-refractivity contribution in [3.63, 3.8) is 0 Å². The van der Waals surface area contributed by atoms with Gasteiger partial charge in [-0.1, -0.05) is 6.58 Å². The van der Waals surface area contributed by atoms with Crippen molar-refractivity contribution in [2.45, 2.75) is 206 Å². The molecule has 2 saturated heterocycles. The summed E-state index contributed by atoms with van der Waals surface area (Å²) in [7, 11) is -15.3. The molecule has 0 radical (unpaired) electrons. The third kappa shape index (κ3) is 19.4. The minimum atomic E-state index is -2.28. The SMILES string of the molecule is C=C(C)C(=O)NC[C@H]1O[C@H](O[C@H]2O[C@H](CO[Si](C)(C)C)[C@@H](O[Si](C)(C)C)[C@H](O[Si](C)(C)C)[C@H]2O[Si](C)(C)C)[C@H](O[Si](C)(C)C)[C@@H](O[Si](C)(C)C)[C@@H]1O[Si](C)(C)C. The van der Waals surface area contributed by atoms with E-state index in [9.17, 15) is 4.79 Å². The molecule has 2 heterocycles. The van der Waals surface area contributed by atoms with Crippen LogP contribution >= 0.6 is 0 Å². The Morgan fingerprint density at radius 1 is 0.482 bits per heavy atom. The number of hydrogen-bond acceptors (Lipinski definition) is 11. The highest BCUT2D eigenvalue weighted by molar-refractivity contribution is 6.72. The van der Waals surface area contributed by atoms with E-state index in [4.69, 9.17) is 45.2 Å². The average Bonchev–Trinajstić information content (AvgIpc) is 2.92. The molecule has 2 aliphatic heterocycles. The molecular formula is C37H83NO11Si7. The second-order valence-electron chi connectivity index (χ2n) is 22.3. The van der Waals surface area contributed by atoms with Gasteiger partial charge in [-0.25, -0.2) is 0 Å². The topological polar surface area (TPSA) is 121 Å².